The van der Waals surface area contributed by atoms with Crippen molar-refractivity contribution in [1.82, 2.24) is 29.6 Å². The Kier molecular flexibility index (Phi) is 4.41. The first-order valence-corrected chi connectivity index (χ1v) is 8.10. The third kappa shape index (κ3) is 3.31. The Hall–Kier alpha value is -2.56. The summed E-state index contributed by atoms with van der Waals surface area (Å²) < 4.78 is 41.4. The summed E-state index contributed by atoms with van der Waals surface area (Å²) in [6, 6.07) is 8.89. The molecule has 0 aliphatic carbocycles. The molecule has 0 atom stereocenters. The van der Waals surface area contributed by atoms with Crippen molar-refractivity contribution in [2.24, 2.45) is 7.05 Å². The monoisotopic (exact) mass is 370 g/mol. The molecule has 2 heterocycles. The second kappa shape index (κ2) is 6.39. The first-order valence-electron chi connectivity index (χ1n) is 7.12. The molecule has 0 aliphatic heterocycles. The number of nitrogens with zero attached hydrogens (tertiary/aromatic N) is 6. The largest absolute Gasteiger partial charge is 0.398 e. The van der Waals surface area contributed by atoms with Gasteiger partial charge in [-0.2, -0.15) is 17.9 Å². The molecule has 132 valence electrons. The lowest BCUT2D eigenvalue weighted by Crippen LogP contribution is -2.22. The molecule has 0 unspecified atom stereocenters. The van der Waals surface area contributed by atoms with Crippen LogP contribution in [0.4, 0.5) is 13.2 Å². The summed E-state index contributed by atoms with van der Waals surface area (Å²) >= 11 is 0.428. The van der Waals surface area contributed by atoms with Crippen molar-refractivity contribution >= 4 is 11.8 Å². The Bertz CT molecular complexity index is 944. The molecule has 0 bridgehead atoms. The highest BCUT2D eigenvalue weighted by molar-refractivity contribution is 7.99. The maximum absolute atomic E-state index is 12.9. The molecule has 0 fully saturated rings. The van der Waals surface area contributed by atoms with Gasteiger partial charge in [0.05, 0.1) is 17.1 Å². The van der Waals surface area contributed by atoms with Gasteiger partial charge in [0.15, 0.2) is 5.69 Å². The van der Waals surface area contributed by atoms with E-state index >= 15 is 0 Å². The number of hydrogen-bond donors (Lipinski definition) is 0. The number of rotatable bonds is 4. The molecular formula is C14H13F3N6OS. The lowest BCUT2D eigenvalue weighted by atomic mass is 10.3. The van der Waals surface area contributed by atoms with Gasteiger partial charge in [0.25, 0.3) is 5.56 Å². The molecule has 1 aromatic carbocycles. The van der Waals surface area contributed by atoms with Gasteiger partial charge in [0.1, 0.15) is 0 Å². The molecular weight excluding hydrogens is 357 g/mol. The summed E-state index contributed by atoms with van der Waals surface area (Å²) in [6.45, 7) is 1.68. The number of aromatic nitrogens is 6. The fourth-order valence-electron chi connectivity index (χ4n) is 2.35. The SMILES string of the molecule is Cc1c(-n2nnnc2SCC(F)(F)F)c(=O)n(-c2ccccc2)n1C. The Morgan fingerprint density at radius 2 is 1.88 bits per heavy atom. The summed E-state index contributed by atoms with van der Waals surface area (Å²) in [5, 5.41) is 10.6. The van der Waals surface area contributed by atoms with Crippen molar-refractivity contribution in [3.05, 3.63) is 46.4 Å². The van der Waals surface area contributed by atoms with Crippen LogP contribution in [0, 0.1) is 6.92 Å². The van der Waals surface area contributed by atoms with Crippen molar-refractivity contribution in [3.63, 3.8) is 0 Å². The van der Waals surface area contributed by atoms with Gasteiger partial charge >= 0.3 is 6.18 Å². The molecule has 0 aliphatic rings. The lowest BCUT2D eigenvalue weighted by Gasteiger charge is -2.07. The minimum Gasteiger partial charge on any atom is -0.283 e. The summed E-state index contributed by atoms with van der Waals surface area (Å²) in [5.74, 6) is -1.15. The second-order valence-electron chi connectivity index (χ2n) is 5.19. The topological polar surface area (TPSA) is 70.5 Å². The Labute approximate surface area is 144 Å². The maximum atomic E-state index is 12.9. The Morgan fingerprint density at radius 1 is 1.20 bits per heavy atom. The van der Waals surface area contributed by atoms with Crippen LogP contribution in [0.1, 0.15) is 5.69 Å². The van der Waals surface area contributed by atoms with E-state index in [0.717, 1.165) is 4.68 Å². The summed E-state index contributed by atoms with van der Waals surface area (Å²) in [4.78, 5) is 12.9. The van der Waals surface area contributed by atoms with Crippen molar-refractivity contribution in [3.8, 4) is 11.4 Å². The minimum absolute atomic E-state index is 0.0941. The standard InChI is InChI=1S/C14H13F3N6OS/c1-9-11(22-13(18-19-20-22)25-8-14(15,16)17)12(24)23(21(9)2)10-6-4-3-5-7-10/h3-7H,8H2,1-2H3. The number of thioether (sulfide) groups is 1. The summed E-state index contributed by atoms with van der Waals surface area (Å²) in [7, 11) is 1.68. The average molecular weight is 370 g/mol. The molecule has 0 saturated heterocycles. The lowest BCUT2D eigenvalue weighted by molar-refractivity contribution is -0.105. The van der Waals surface area contributed by atoms with Crippen molar-refractivity contribution in [2.75, 3.05) is 5.75 Å². The van der Waals surface area contributed by atoms with Crippen LogP contribution in [0.5, 0.6) is 0 Å². The summed E-state index contributed by atoms with van der Waals surface area (Å²) in [6.07, 6.45) is -4.36. The quantitative estimate of drug-likeness (QED) is 0.658. The van der Waals surface area contributed by atoms with Gasteiger partial charge in [-0.3, -0.25) is 9.48 Å². The normalized spacial score (nSPS) is 11.9. The van der Waals surface area contributed by atoms with E-state index in [-0.39, 0.29) is 10.8 Å². The van der Waals surface area contributed by atoms with Gasteiger partial charge in [-0.05, 0) is 29.5 Å². The zero-order chi connectivity index (χ0) is 18.2. The van der Waals surface area contributed by atoms with E-state index in [1.165, 1.54) is 4.68 Å². The highest BCUT2D eigenvalue weighted by Gasteiger charge is 2.30. The molecule has 11 heteroatoms. The molecule has 2 aromatic heterocycles. The van der Waals surface area contributed by atoms with Crippen molar-refractivity contribution in [1.29, 1.82) is 0 Å². The number of hydrogen-bond acceptors (Lipinski definition) is 5. The van der Waals surface area contributed by atoms with Crippen LogP contribution in [-0.2, 0) is 7.05 Å². The van der Waals surface area contributed by atoms with Gasteiger partial charge in [-0.15, -0.1) is 5.10 Å². The second-order valence-corrected chi connectivity index (χ2v) is 6.13. The molecule has 0 N–H and O–H groups in total. The summed E-state index contributed by atoms with van der Waals surface area (Å²) in [5.41, 5.74) is 0.838. The first kappa shape index (κ1) is 17.3. The van der Waals surface area contributed by atoms with Crippen LogP contribution in [0.2, 0.25) is 0 Å². The molecule has 3 aromatic rings. The fraction of sp³-hybridized carbons (Fsp3) is 0.286. The average Bonchev–Trinajstić information content (AvgIpc) is 3.09. The van der Waals surface area contributed by atoms with E-state index in [4.69, 9.17) is 0 Å². The van der Waals surface area contributed by atoms with E-state index in [1.54, 1.807) is 42.9 Å². The van der Waals surface area contributed by atoms with E-state index in [9.17, 15) is 18.0 Å². The predicted molar refractivity (Wildman–Crippen MR) is 85.2 cm³/mol. The van der Waals surface area contributed by atoms with Gasteiger partial charge in [0, 0.05) is 7.05 Å². The maximum Gasteiger partial charge on any atom is 0.398 e. The molecule has 0 spiro atoms. The van der Waals surface area contributed by atoms with Gasteiger partial charge in [0.2, 0.25) is 5.16 Å². The number of para-hydroxylation sites is 1. The van der Waals surface area contributed by atoms with Crippen LogP contribution >= 0.6 is 11.8 Å². The predicted octanol–water partition coefficient (Wildman–Crippen LogP) is 2.11. The van der Waals surface area contributed by atoms with E-state index < -0.39 is 17.5 Å². The molecule has 0 saturated carbocycles. The molecule has 25 heavy (non-hydrogen) atoms. The number of halogens is 3. The highest BCUT2D eigenvalue weighted by atomic mass is 32.2. The van der Waals surface area contributed by atoms with Crippen LogP contribution in [-0.4, -0.2) is 41.5 Å². The van der Waals surface area contributed by atoms with E-state index in [2.05, 4.69) is 15.5 Å². The number of benzene rings is 1. The zero-order valence-electron chi connectivity index (χ0n) is 13.2. The van der Waals surface area contributed by atoms with E-state index in [1.807, 2.05) is 6.07 Å². The highest BCUT2D eigenvalue weighted by Crippen LogP contribution is 2.27. The van der Waals surface area contributed by atoms with E-state index in [0.29, 0.717) is 23.1 Å². The van der Waals surface area contributed by atoms with Crippen LogP contribution in [0.3, 0.4) is 0 Å². The molecule has 7 nitrogen and oxygen atoms in total. The Balaban J connectivity index is 2.09. The molecule has 0 radical (unpaired) electrons. The van der Waals surface area contributed by atoms with Crippen LogP contribution < -0.4 is 5.56 Å². The first-order chi connectivity index (χ1) is 11.8. The third-order valence-electron chi connectivity index (χ3n) is 3.54. The van der Waals surface area contributed by atoms with Gasteiger partial charge in [-0.25, -0.2) is 4.68 Å². The van der Waals surface area contributed by atoms with Gasteiger partial charge in [-0.1, -0.05) is 30.0 Å². The minimum atomic E-state index is -4.36. The van der Waals surface area contributed by atoms with Gasteiger partial charge < -0.3 is 0 Å². The molecule has 3 rings (SSSR count). The van der Waals surface area contributed by atoms with Crippen LogP contribution in [0.25, 0.3) is 11.4 Å². The number of alkyl halides is 3. The van der Waals surface area contributed by atoms with Crippen molar-refractivity contribution in [2.45, 2.75) is 18.3 Å². The van der Waals surface area contributed by atoms with Crippen molar-refractivity contribution < 1.29 is 13.2 Å². The smallest absolute Gasteiger partial charge is 0.283 e. The zero-order valence-corrected chi connectivity index (χ0v) is 14.0. The fourth-order valence-corrected chi connectivity index (χ4v) is 2.99. The molecule has 0 amide bonds. The Morgan fingerprint density at radius 3 is 2.52 bits per heavy atom. The number of tetrazole rings is 1. The third-order valence-corrected chi connectivity index (χ3v) is 4.53. The van der Waals surface area contributed by atoms with Crippen LogP contribution in [0.15, 0.2) is 40.3 Å².